The Morgan fingerprint density at radius 1 is 1.24 bits per heavy atom. The third-order valence-corrected chi connectivity index (χ3v) is 3.16. The molecule has 5 nitrogen and oxygen atoms in total. The Bertz CT molecular complexity index is 586. The van der Waals surface area contributed by atoms with Gasteiger partial charge in [-0.05, 0) is 56.2 Å². The minimum absolute atomic E-state index is 0.0166. The first-order valence-corrected chi connectivity index (χ1v) is 7.50. The van der Waals surface area contributed by atoms with Crippen molar-refractivity contribution in [2.24, 2.45) is 0 Å². The van der Waals surface area contributed by atoms with Crippen LogP contribution in [0.25, 0.3) is 5.69 Å². The van der Waals surface area contributed by atoms with Crippen molar-refractivity contribution in [3.63, 3.8) is 0 Å². The van der Waals surface area contributed by atoms with Gasteiger partial charge in [-0.3, -0.25) is 0 Å². The molecule has 0 amide bonds. The van der Waals surface area contributed by atoms with Crippen molar-refractivity contribution in [3.05, 3.63) is 36.2 Å². The molecule has 21 heavy (non-hydrogen) atoms. The van der Waals surface area contributed by atoms with Crippen LogP contribution in [0.1, 0.15) is 39.4 Å². The van der Waals surface area contributed by atoms with E-state index in [1.807, 2.05) is 30.3 Å². The van der Waals surface area contributed by atoms with E-state index in [9.17, 15) is 0 Å². The smallest absolute Gasteiger partial charge is 0.156 e. The lowest BCUT2D eigenvalue weighted by Crippen LogP contribution is -2.39. The fraction of sp³-hybridized carbons (Fsp3) is 0.467. The summed E-state index contributed by atoms with van der Waals surface area (Å²) in [6.45, 7) is 6.32. The van der Waals surface area contributed by atoms with Crippen molar-refractivity contribution in [2.45, 2.75) is 45.6 Å². The van der Waals surface area contributed by atoms with Crippen molar-refractivity contribution in [1.29, 1.82) is 0 Å². The minimum atomic E-state index is 0.0166. The summed E-state index contributed by atoms with van der Waals surface area (Å²) in [5.41, 5.74) is 0.996. The van der Waals surface area contributed by atoms with Gasteiger partial charge in [0.1, 0.15) is 0 Å². The molecule has 0 spiro atoms. The maximum absolute atomic E-state index is 5.35. The van der Waals surface area contributed by atoms with Gasteiger partial charge in [0.15, 0.2) is 5.82 Å². The number of aryl methyl sites for hydroxylation is 1. The van der Waals surface area contributed by atoms with Crippen molar-refractivity contribution < 1.29 is 0 Å². The number of para-hydroxylation sites is 1. The Morgan fingerprint density at radius 2 is 1.95 bits per heavy atom. The Hall–Kier alpha value is -1.82. The van der Waals surface area contributed by atoms with Gasteiger partial charge < -0.3 is 5.32 Å². The Morgan fingerprint density at radius 3 is 2.62 bits per heavy atom. The van der Waals surface area contributed by atoms with Gasteiger partial charge in [-0.15, -0.1) is 5.10 Å². The molecule has 1 aromatic heterocycles. The maximum atomic E-state index is 5.35. The molecule has 2 aromatic rings. The van der Waals surface area contributed by atoms with E-state index in [-0.39, 0.29) is 5.54 Å². The molecule has 0 saturated carbocycles. The standard InChI is InChI=1S/C15H21N5S/c1-15(2,3)16-14(21)11-7-10-13-17-18-19-20(13)12-8-5-4-6-9-12/h4-6,8-9H,7,10-11H2,1-3H3,(H,16,21). The zero-order chi connectivity index (χ0) is 15.3. The highest BCUT2D eigenvalue weighted by Crippen LogP contribution is 2.10. The van der Waals surface area contributed by atoms with E-state index in [4.69, 9.17) is 12.2 Å². The molecular formula is C15H21N5S. The van der Waals surface area contributed by atoms with Gasteiger partial charge in [-0.1, -0.05) is 30.4 Å². The lowest BCUT2D eigenvalue weighted by atomic mass is 10.1. The van der Waals surface area contributed by atoms with Gasteiger partial charge in [0.2, 0.25) is 0 Å². The van der Waals surface area contributed by atoms with E-state index in [0.717, 1.165) is 35.8 Å². The van der Waals surface area contributed by atoms with Crippen molar-refractivity contribution in [1.82, 2.24) is 25.5 Å². The number of tetrazole rings is 1. The van der Waals surface area contributed by atoms with Gasteiger partial charge in [0.25, 0.3) is 0 Å². The summed E-state index contributed by atoms with van der Waals surface area (Å²) in [6, 6.07) is 9.91. The molecule has 0 aliphatic rings. The zero-order valence-corrected chi connectivity index (χ0v) is 13.5. The van der Waals surface area contributed by atoms with E-state index >= 15 is 0 Å². The number of hydrogen-bond donors (Lipinski definition) is 1. The van der Waals surface area contributed by atoms with Crippen molar-refractivity contribution >= 4 is 17.2 Å². The first-order chi connectivity index (χ1) is 9.96. The summed E-state index contributed by atoms with van der Waals surface area (Å²) >= 11 is 5.35. The number of hydrogen-bond acceptors (Lipinski definition) is 4. The van der Waals surface area contributed by atoms with Crippen LogP contribution in [0.15, 0.2) is 30.3 Å². The Kier molecular flexibility index (Phi) is 5.01. The minimum Gasteiger partial charge on any atom is -0.375 e. The molecule has 6 heteroatoms. The molecule has 0 radical (unpaired) electrons. The third-order valence-electron chi connectivity index (χ3n) is 2.85. The summed E-state index contributed by atoms with van der Waals surface area (Å²) in [5, 5.41) is 15.2. The number of nitrogens with one attached hydrogen (secondary N) is 1. The molecule has 0 bridgehead atoms. The first kappa shape index (κ1) is 15.6. The number of rotatable bonds is 5. The fourth-order valence-electron chi connectivity index (χ4n) is 2.02. The molecule has 0 saturated heterocycles. The molecule has 0 fully saturated rings. The number of thiocarbonyl (C=S) groups is 1. The highest BCUT2D eigenvalue weighted by Gasteiger charge is 2.12. The quantitative estimate of drug-likeness (QED) is 0.861. The lowest BCUT2D eigenvalue weighted by molar-refractivity contribution is 0.509. The monoisotopic (exact) mass is 303 g/mol. The summed E-state index contributed by atoms with van der Waals surface area (Å²) in [7, 11) is 0. The summed E-state index contributed by atoms with van der Waals surface area (Å²) in [6.07, 6.45) is 2.57. The Labute approximate surface area is 130 Å². The molecule has 0 aliphatic carbocycles. The van der Waals surface area contributed by atoms with Crippen LogP contribution in [-0.4, -0.2) is 30.7 Å². The predicted molar refractivity (Wildman–Crippen MR) is 87.6 cm³/mol. The lowest BCUT2D eigenvalue weighted by Gasteiger charge is -2.22. The van der Waals surface area contributed by atoms with Crippen LogP contribution in [0, 0.1) is 0 Å². The average Bonchev–Trinajstić information content (AvgIpc) is 2.86. The van der Waals surface area contributed by atoms with Crippen LogP contribution in [0.5, 0.6) is 0 Å². The summed E-state index contributed by atoms with van der Waals surface area (Å²) in [5.74, 6) is 0.861. The Balaban J connectivity index is 1.91. The topological polar surface area (TPSA) is 55.6 Å². The molecule has 0 aliphatic heterocycles. The number of nitrogens with zero attached hydrogens (tertiary/aromatic N) is 4. The van der Waals surface area contributed by atoms with Crippen LogP contribution in [0.4, 0.5) is 0 Å². The maximum Gasteiger partial charge on any atom is 0.156 e. The van der Waals surface area contributed by atoms with Crippen molar-refractivity contribution in [2.75, 3.05) is 0 Å². The molecule has 2 rings (SSSR count). The van der Waals surface area contributed by atoms with Crippen molar-refractivity contribution in [3.8, 4) is 5.69 Å². The van der Waals surface area contributed by atoms with Crippen LogP contribution < -0.4 is 5.32 Å². The van der Waals surface area contributed by atoms with Gasteiger partial charge >= 0.3 is 0 Å². The van der Waals surface area contributed by atoms with Crippen LogP contribution in [0.3, 0.4) is 0 Å². The van der Waals surface area contributed by atoms with Crippen LogP contribution in [0.2, 0.25) is 0 Å². The van der Waals surface area contributed by atoms with E-state index in [1.54, 1.807) is 4.68 Å². The predicted octanol–water partition coefficient (Wildman–Crippen LogP) is 2.70. The largest absolute Gasteiger partial charge is 0.375 e. The molecule has 1 N–H and O–H groups in total. The van der Waals surface area contributed by atoms with Crippen LogP contribution in [-0.2, 0) is 6.42 Å². The second-order valence-electron chi connectivity index (χ2n) is 5.99. The van der Waals surface area contributed by atoms with E-state index in [0.29, 0.717) is 0 Å². The molecule has 0 unspecified atom stereocenters. The van der Waals surface area contributed by atoms with Gasteiger partial charge in [0, 0.05) is 12.0 Å². The molecule has 0 atom stereocenters. The molecular weight excluding hydrogens is 282 g/mol. The third kappa shape index (κ3) is 4.90. The SMILES string of the molecule is CC(C)(C)NC(=S)CCCc1nnnn1-c1ccccc1. The molecule has 1 heterocycles. The normalized spacial score (nSPS) is 11.4. The number of benzene rings is 1. The highest BCUT2D eigenvalue weighted by atomic mass is 32.1. The van der Waals surface area contributed by atoms with E-state index in [1.165, 1.54) is 0 Å². The van der Waals surface area contributed by atoms with Gasteiger partial charge in [0.05, 0.1) is 10.7 Å². The summed E-state index contributed by atoms with van der Waals surface area (Å²) < 4.78 is 1.78. The number of aromatic nitrogens is 4. The first-order valence-electron chi connectivity index (χ1n) is 7.09. The van der Waals surface area contributed by atoms with E-state index < -0.39 is 0 Å². The van der Waals surface area contributed by atoms with E-state index in [2.05, 4.69) is 41.6 Å². The van der Waals surface area contributed by atoms with Gasteiger partial charge in [-0.25, -0.2) is 0 Å². The molecule has 1 aromatic carbocycles. The average molecular weight is 303 g/mol. The fourth-order valence-corrected chi connectivity index (χ4v) is 2.47. The zero-order valence-electron chi connectivity index (χ0n) is 12.7. The molecule has 112 valence electrons. The van der Waals surface area contributed by atoms with Gasteiger partial charge in [-0.2, -0.15) is 4.68 Å². The second-order valence-corrected chi connectivity index (χ2v) is 6.49. The second kappa shape index (κ2) is 6.76. The van der Waals surface area contributed by atoms with Crippen LogP contribution >= 0.6 is 12.2 Å². The summed E-state index contributed by atoms with van der Waals surface area (Å²) in [4.78, 5) is 0.890. The highest BCUT2D eigenvalue weighted by molar-refractivity contribution is 7.80.